The van der Waals surface area contributed by atoms with Gasteiger partial charge in [0.25, 0.3) is 0 Å². The summed E-state index contributed by atoms with van der Waals surface area (Å²) in [7, 11) is 0. The smallest absolute Gasteiger partial charge is 0.216 e. The van der Waals surface area contributed by atoms with E-state index in [9.17, 15) is 4.79 Å². The average molecular weight is 199 g/mol. The van der Waals surface area contributed by atoms with Gasteiger partial charge in [-0.3, -0.25) is 4.79 Å². The van der Waals surface area contributed by atoms with Crippen LogP contribution in [0.5, 0.6) is 0 Å². The molecular weight excluding hydrogens is 174 g/mol. The summed E-state index contributed by atoms with van der Waals surface area (Å²) in [5, 5.41) is 2.92. The van der Waals surface area contributed by atoms with E-state index >= 15 is 0 Å². The first kappa shape index (κ1) is 13.5. The second kappa shape index (κ2) is 6.86. The molecule has 0 bridgehead atoms. The van der Waals surface area contributed by atoms with Crippen molar-refractivity contribution < 1.29 is 4.79 Å². The lowest BCUT2D eigenvalue weighted by Gasteiger charge is -2.33. The Morgan fingerprint density at radius 3 is 2.14 bits per heavy atom. The number of carbonyl (C=O) groups excluding carboxylic acids is 1. The molecular formula is C12H25NO. The van der Waals surface area contributed by atoms with Crippen molar-refractivity contribution in [1.29, 1.82) is 0 Å². The first-order chi connectivity index (χ1) is 6.62. The number of amides is 1. The molecule has 0 spiro atoms. The SMILES string of the molecule is CC.CC(=O)NCC1(C)CCCCC1. The first-order valence-electron chi connectivity index (χ1n) is 5.87. The maximum absolute atomic E-state index is 10.7. The highest BCUT2D eigenvalue weighted by Gasteiger charge is 2.26. The van der Waals surface area contributed by atoms with Gasteiger partial charge in [-0.05, 0) is 18.3 Å². The van der Waals surface area contributed by atoms with E-state index in [2.05, 4.69) is 12.2 Å². The Labute approximate surface area is 88.5 Å². The van der Waals surface area contributed by atoms with E-state index in [-0.39, 0.29) is 5.91 Å². The number of carbonyl (C=O) groups is 1. The minimum absolute atomic E-state index is 0.0989. The number of hydrogen-bond donors (Lipinski definition) is 1. The molecule has 0 heterocycles. The molecule has 0 aromatic heterocycles. The summed E-state index contributed by atoms with van der Waals surface area (Å²) in [5.74, 6) is 0.0989. The van der Waals surface area contributed by atoms with Crippen LogP contribution >= 0.6 is 0 Å². The molecule has 0 aromatic rings. The van der Waals surface area contributed by atoms with Gasteiger partial charge in [-0.15, -0.1) is 0 Å². The van der Waals surface area contributed by atoms with E-state index < -0.39 is 0 Å². The number of hydrogen-bond acceptors (Lipinski definition) is 1. The molecule has 1 aliphatic carbocycles. The van der Waals surface area contributed by atoms with Crippen molar-refractivity contribution in [2.45, 2.75) is 59.8 Å². The van der Waals surface area contributed by atoms with Gasteiger partial charge in [0.2, 0.25) is 5.91 Å². The first-order valence-corrected chi connectivity index (χ1v) is 5.87. The Balaban J connectivity index is 0.000000791. The van der Waals surface area contributed by atoms with Crippen molar-refractivity contribution >= 4 is 5.91 Å². The summed E-state index contributed by atoms with van der Waals surface area (Å²) >= 11 is 0. The van der Waals surface area contributed by atoms with Crippen molar-refractivity contribution in [2.75, 3.05) is 6.54 Å². The fourth-order valence-corrected chi connectivity index (χ4v) is 1.92. The fourth-order valence-electron chi connectivity index (χ4n) is 1.92. The molecule has 1 N–H and O–H groups in total. The molecule has 14 heavy (non-hydrogen) atoms. The molecule has 1 rings (SSSR count). The Bertz CT molecular complexity index is 160. The van der Waals surface area contributed by atoms with Crippen LogP contribution in [-0.2, 0) is 4.79 Å². The second-order valence-electron chi connectivity index (χ2n) is 4.28. The maximum Gasteiger partial charge on any atom is 0.216 e. The van der Waals surface area contributed by atoms with Gasteiger partial charge in [-0.25, -0.2) is 0 Å². The van der Waals surface area contributed by atoms with Gasteiger partial charge in [0, 0.05) is 13.5 Å². The van der Waals surface area contributed by atoms with E-state index in [1.54, 1.807) is 6.92 Å². The van der Waals surface area contributed by atoms with Gasteiger partial charge in [0.15, 0.2) is 0 Å². The Hall–Kier alpha value is -0.530. The zero-order valence-electron chi connectivity index (χ0n) is 10.2. The Kier molecular flexibility index (Phi) is 6.60. The van der Waals surface area contributed by atoms with Gasteiger partial charge in [-0.2, -0.15) is 0 Å². The molecule has 1 aliphatic rings. The Morgan fingerprint density at radius 2 is 1.71 bits per heavy atom. The van der Waals surface area contributed by atoms with Gasteiger partial charge in [-0.1, -0.05) is 40.0 Å². The lowest BCUT2D eigenvalue weighted by Crippen LogP contribution is -2.35. The number of rotatable bonds is 2. The molecule has 0 aliphatic heterocycles. The molecule has 1 fully saturated rings. The van der Waals surface area contributed by atoms with Crippen molar-refractivity contribution in [3.05, 3.63) is 0 Å². The summed E-state index contributed by atoms with van der Waals surface area (Å²) in [6, 6.07) is 0. The maximum atomic E-state index is 10.7. The van der Waals surface area contributed by atoms with Crippen LogP contribution in [0.15, 0.2) is 0 Å². The minimum Gasteiger partial charge on any atom is -0.356 e. The van der Waals surface area contributed by atoms with Crippen LogP contribution in [0.25, 0.3) is 0 Å². The zero-order chi connectivity index (χ0) is 11.0. The Morgan fingerprint density at radius 1 is 1.21 bits per heavy atom. The largest absolute Gasteiger partial charge is 0.356 e. The van der Waals surface area contributed by atoms with Crippen LogP contribution in [-0.4, -0.2) is 12.5 Å². The van der Waals surface area contributed by atoms with E-state index in [0.29, 0.717) is 5.41 Å². The molecule has 2 nitrogen and oxygen atoms in total. The van der Waals surface area contributed by atoms with Gasteiger partial charge < -0.3 is 5.32 Å². The van der Waals surface area contributed by atoms with Crippen LogP contribution in [0, 0.1) is 5.41 Å². The fraction of sp³-hybridized carbons (Fsp3) is 0.917. The molecule has 2 heteroatoms. The lowest BCUT2D eigenvalue weighted by molar-refractivity contribution is -0.119. The van der Waals surface area contributed by atoms with Crippen LogP contribution < -0.4 is 5.32 Å². The molecule has 0 aromatic carbocycles. The van der Waals surface area contributed by atoms with Crippen molar-refractivity contribution in [1.82, 2.24) is 5.32 Å². The summed E-state index contributed by atoms with van der Waals surface area (Å²) in [5.41, 5.74) is 0.379. The van der Waals surface area contributed by atoms with E-state index in [1.807, 2.05) is 13.8 Å². The lowest BCUT2D eigenvalue weighted by atomic mass is 9.76. The minimum atomic E-state index is 0.0989. The third-order valence-electron chi connectivity index (χ3n) is 2.82. The average Bonchev–Trinajstić information content (AvgIpc) is 2.19. The topological polar surface area (TPSA) is 29.1 Å². The van der Waals surface area contributed by atoms with Crippen LogP contribution in [0.2, 0.25) is 0 Å². The summed E-state index contributed by atoms with van der Waals surface area (Å²) in [6.45, 7) is 8.73. The third-order valence-corrected chi connectivity index (χ3v) is 2.82. The molecule has 0 saturated heterocycles. The number of nitrogens with one attached hydrogen (secondary N) is 1. The summed E-state index contributed by atoms with van der Waals surface area (Å²) in [6.07, 6.45) is 6.57. The molecule has 0 atom stereocenters. The molecule has 1 saturated carbocycles. The molecule has 0 unspecified atom stereocenters. The van der Waals surface area contributed by atoms with Gasteiger partial charge >= 0.3 is 0 Å². The predicted octanol–water partition coefficient (Wildman–Crippen LogP) is 3.12. The highest BCUT2D eigenvalue weighted by molar-refractivity contribution is 5.72. The summed E-state index contributed by atoms with van der Waals surface area (Å²) in [4.78, 5) is 10.7. The second-order valence-corrected chi connectivity index (χ2v) is 4.28. The van der Waals surface area contributed by atoms with Crippen molar-refractivity contribution in [3.63, 3.8) is 0 Å². The van der Waals surface area contributed by atoms with Gasteiger partial charge in [0.1, 0.15) is 0 Å². The van der Waals surface area contributed by atoms with Crippen molar-refractivity contribution in [2.24, 2.45) is 5.41 Å². The normalized spacial score (nSPS) is 19.1. The molecule has 1 amide bonds. The van der Waals surface area contributed by atoms with E-state index in [1.165, 1.54) is 32.1 Å². The molecule has 84 valence electrons. The van der Waals surface area contributed by atoms with Gasteiger partial charge in [0.05, 0.1) is 0 Å². The quantitative estimate of drug-likeness (QED) is 0.727. The third kappa shape index (κ3) is 5.25. The van der Waals surface area contributed by atoms with Crippen LogP contribution in [0.3, 0.4) is 0 Å². The van der Waals surface area contributed by atoms with Crippen LogP contribution in [0.1, 0.15) is 59.8 Å². The predicted molar refractivity (Wildman–Crippen MR) is 61.2 cm³/mol. The molecule has 0 radical (unpaired) electrons. The van der Waals surface area contributed by atoms with Crippen LogP contribution in [0.4, 0.5) is 0 Å². The van der Waals surface area contributed by atoms with E-state index in [4.69, 9.17) is 0 Å². The summed E-state index contributed by atoms with van der Waals surface area (Å²) < 4.78 is 0. The van der Waals surface area contributed by atoms with Crippen molar-refractivity contribution in [3.8, 4) is 0 Å². The highest BCUT2D eigenvalue weighted by atomic mass is 16.1. The van der Waals surface area contributed by atoms with E-state index in [0.717, 1.165) is 6.54 Å². The standard InChI is InChI=1S/C10H19NO.C2H6/c1-9(12)11-8-10(2)6-4-3-5-7-10;1-2/h3-8H2,1-2H3,(H,11,12);1-2H3. The highest BCUT2D eigenvalue weighted by Crippen LogP contribution is 2.34. The zero-order valence-corrected chi connectivity index (χ0v) is 10.2. The monoisotopic (exact) mass is 199 g/mol.